The lowest BCUT2D eigenvalue weighted by molar-refractivity contribution is 0.0970. The van der Waals surface area contributed by atoms with E-state index in [9.17, 15) is 14.0 Å². The fraction of sp³-hybridized carbons (Fsp3) is 0.310. The van der Waals surface area contributed by atoms with Crippen LogP contribution in [0.1, 0.15) is 47.6 Å². The molecule has 0 spiro atoms. The molecule has 0 bridgehead atoms. The lowest BCUT2D eigenvalue weighted by Gasteiger charge is -2.32. The van der Waals surface area contributed by atoms with Crippen LogP contribution in [0.5, 0.6) is 0 Å². The number of piperidine rings is 1. The van der Waals surface area contributed by atoms with Crippen molar-refractivity contribution >= 4 is 22.5 Å². The van der Waals surface area contributed by atoms with E-state index in [4.69, 9.17) is 5.53 Å². The van der Waals surface area contributed by atoms with Gasteiger partial charge in [-0.25, -0.2) is 9.18 Å². The number of imidazole rings is 1. The molecule has 38 heavy (non-hydrogen) atoms. The topological polar surface area (TPSA) is 96.0 Å². The maximum atomic E-state index is 13.6. The molecule has 1 saturated heterocycles. The number of aromatic nitrogens is 2. The standard InChI is InChI=1S/C29H29FN6O2/c30-23-11-9-22(10-12-23)28(37)6-3-17-34-18-15-25(16-19-34)36-27-5-2-1-4-26(27)35(29(36)38)20-21-7-13-24(14-8-21)32-33-31/h1-2,4-5,7-14,25H,3,6,15-20H2. The lowest BCUT2D eigenvalue weighted by Crippen LogP contribution is -2.38. The zero-order valence-electron chi connectivity index (χ0n) is 21.0. The predicted octanol–water partition coefficient (Wildman–Crippen LogP) is 6.23. The average Bonchev–Trinajstić information content (AvgIpc) is 3.21. The molecule has 0 saturated carbocycles. The Bertz CT molecular complexity index is 1530. The van der Waals surface area contributed by atoms with Crippen molar-refractivity contribution in [3.05, 3.63) is 111 Å². The molecule has 0 N–H and O–H groups in total. The Morgan fingerprint density at radius 2 is 1.66 bits per heavy atom. The van der Waals surface area contributed by atoms with Crippen molar-refractivity contribution in [3.8, 4) is 0 Å². The van der Waals surface area contributed by atoms with Crippen molar-refractivity contribution in [1.82, 2.24) is 14.0 Å². The summed E-state index contributed by atoms with van der Waals surface area (Å²) in [6.07, 6.45) is 2.91. The number of halogens is 1. The van der Waals surface area contributed by atoms with E-state index in [1.807, 2.05) is 45.5 Å². The zero-order valence-corrected chi connectivity index (χ0v) is 21.0. The summed E-state index contributed by atoms with van der Waals surface area (Å²) in [5.74, 6) is -0.306. The number of ketones is 1. The highest BCUT2D eigenvalue weighted by molar-refractivity contribution is 5.95. The molecular formula is C29H29FN6O2. The number of carbonyl (C=O) groups is 1. The van der Waals surface area contributed by atoms with Crippen LogP contribution in [0.2, 0.25) is 0 Å². The monoisotopic (exact) mass is 512 g/mol. The lowest BCUT2D eigenvalue weighted by atomic mass is 10.0. The third-order valence-electron chi connectivity index (χ3n) is 7.27. The summed E-state index contributed by atoms with van der Waals surface area (Å²) in [6.45, 7) is 2.98. The van der Waals surface area contributed by atoms with Gasteiger partial charge in [-0.1, -0.05) is 41.5 Å². The third kappa shape index (κ3) is 5.54. The summed E-state index contributed by atoms with van der Waals surface area (Å²) in [5.41, 5.74) is 12.5. The van der Waals surface area contributed by atoms with E-state index in [2.05, 4.69) is 14.9 Å². The Morgan fingerprint density at radius 3 is 2.34 bits per heavy atom. The summed E-state index contributed by atoms with van der Waals surface area (Å²) in [5, 5.41) is 3.61. The van der Waals surface area contributed by atoms with Crippen molar-refractivity contribution in [3.63, 3.8) is 0 Å². The van der Waals surface area contributed by atoms with Crippen LogP contribution in [-0.2, 0) is 6.54 Å². The van der Waals surface area contributed by atoms with Crippen LogP contribution in [0, 0.1) is 5.82 Å². The summed E-state index contributed by atoms with van der Waals surface area (Å²) in [7, 11) is 0. The minimum atomic E-state index is -0.340. The summed E-state index contributed by atoms with van der Waals surface area (Å²) in [4.78, 5) is 31.2. The van der Waals surface area contributed by atoms with E-state index in [-0.39, 0.29) is 23.3 Å². The molecule has 8 nitrogen and oxygen atoms in total. The van der Waals surface area contributed by atoms with Crippen LogP contribution in [0.15, 0.2) is 82.7 Å². The highest BCUT2D eigenvalue weighted by atomic mass is 19.1. The molecule has 2 heterocycles. The molecule has 1 fully saturated rings. The Hall–Kier alpha value is -4.20. The fourth-order valence-corrected chi connectivity index (χ4v) is 5.28. The minimum absolute atomic E-state index is 0.0198. The molecule has 3 aromatic carbocycles. The maximum absolute atomic E-state index is 13.6. The average molecular weight is 513 g/mol. The summed E-state index contributed by atoms with van der Waals surface area (Å²) in [6, 6.07) is 21.0. The largest absolute Gasteiger partial charge is 0.329 e. The fourth-order valence-electron chi connectivity index (χ4n) is 5.28. The van der Waals surface area contributed by atoms with Gasteiger partial charge < -0.3 is 4.90 Å². The van der Waals surface area contributed by atoms with E-state index in [0.717, 1.165) is 55.5 Å². The van der Waals surface area contributed by atoms with Crippen molar-refractivity contribution in [2.45, 2.75) is 38.3 Å². The third-order valence-corrected chi connectivity index (χ3v) is 7.27. The van der Waals surface area contributed by atoms with Gasteiger partial charge in [0.05, 0.1) is 17.6 Å². The molecule has 194 valence electrons. The zero-order chi connectivity index (χ0) is 26.5. The molecule has 0 amide bonds. The quantitative estimate of drug-likeness (QED) is 0.115. The van der Waals surface area contributed by atoms with E-state index < -0.39 is 0 Å². The van der Waals surface area contributed by atoms with Gasteiger partial charge in [-0.2, -0.15) is 0 Å². The van der Waals surface area contributed by atoms with Crippen LogP contribution in [0.3, 0.4) is 0 Å². The van der Waals surface area contributed by atoms with Crippen molar-refractivity contribution in [2.24, 2.45) is 5.11 Å². The number of fused-ring (bicyclic) bond motifs is 1. The smallest absolute Gasteiger partial charge is 0.303 e. The first-order valence-corrected chi connectivity index (χ1v) is 12.9. The van der Waals surface area contributed by atoms with Crippen LogP contribution in [-0.4, -0.2) is 39.5 Å². The van der Waals surface area contributed by atoms with Gasteiger partial charge in [0.1, 0.15) is 5.82 Å². The number of nitrogens with zero attached hydrogens (tertiary/aromatic N) is 6. The summed E-state index contributed by atoms with van der Waals surface area (Å²) >= 11 is 0. The second-order valence-electron chi connectivity index (χ2n) is 9.69. The Kier molecular flexibility index (Phi) is 7.67. The van der Waals surface area contributed by atoms with Crippen molar-refractivity contribution < 1.29 is 9.18 Å². The van der Waals surface area contributed by atoms with Gasteiger partial charge in [0.25, 0.3) is 0 Å². The Labute approximate surface area is 219 Å². The molecule has 0 radical (unpaired) electrons. The number of hydrogen-bond donors (Lipinski definition) is 0. The molecule has 1 aliphatic rings. The van der Waals surface area contributed by atoms with Gasteiger partial charge in [-0.05, 0) is 73.3 Å². The van der Waals surface area contributed by atoms with Crippen LogP contribution in [0.4, 0.5) is 10.1 Å². The van der Waals surface area contributed by atoms with Gasteiger partial charge in [-0.15, -0.1) is 0 Å². The number of Topliss-reactive ketones (excluding diaryl/α,β-unsaturated/α-hetero) is 1. The van der Waals surface area contributed by atoms with Gasteiger partial charge in [0.15, 0.2) is 5.78 Å². The molecular weight excluding hydrogens is 483 g/mol. The summed E-state index contributed by atoms with van der Waals surface area (Å²) < 4.78 is 16.8. The van der Waals surface area contributed by atoms with Crippen molar-refractivity contribution in [2.75, 3.05) is 19.6 Å². The Balaban J connectivity index is 1.23. The normalized spacial score (nSPS) is 14.4. The minimum Gasteiger partial charge on any atom is -0.303 e. The highest BCUT2D eigenvalue weighted by Crippen LogP contribution is 2.26. The molecule has 0 atom stereocenters. The molecule has 5 rings (SSSR count). The molecule has 0 unspecified atom stereocenters. The number of likely N-dealkylation sites (tertiary alicyclic amines) is 1. The van der Waals surface area contributed by atoms with Gasteiger partial charge >= 0.3 is 5.69 Å². The first-order chi connectivity index (χ1) is 18.5. The second-order valence-corrected chi connectivity index (χ2v) is 9.69. The second kappa shape index (κ2) is 11.5. The van der Waals surface area contributed by atoms with E-state index in [0.29, 0.717) is 24.2 Å². The number of rotatable bonds is 9. The first-order valence-electron chi connectivity index (χ1n) is 12.9. The van der Waals surface area contributed by atoms with Gasteiger partial charge in [0.2, 0.25) is 0 Å². The number of hydrogen-bond acceptors (Lipinski definition) is 4. The van der Waals surface area contributed by atoms with Crippen LogP contribution < -0.4 is 5.69 Å². The molecule has 1 aliphatic heterocycles. The maximum Gasteiger partial charge on any atom is 0.329 e. The van der Waals surface area contributed by atoms with Crippen LogP contribution in [0.25, 0.3) is 21.5 Å². The first kappa shape index (κ1) is 25.4. The highest BCUT2D eigenvalue weighted by Gasteiger charge is 2.25. The van der Waals surface area contributed by atoms with E-state index in [1.165, 1.54) is 24.3 Å². The van der Waals surface area contributed by atoms with E-state index in [1.54, 1.807) is 12.1 Å². The van der Waals surface area contributed by atoms with Gasteiger partial charge in [-0.3, -0.25) is 13.9 Å². The molecule has 1 aromatic heterocycles. The number of carbonyl (C=O) groups excluding carboxylic acids is 1. The van der Waals surface area contributed by atoms with Gasteiger partial charge in [0, 0.05) is 41.7 Å². The SMILES string of the molecule is [N-]=[N+]=Nc1ccc(Cn2c(=O)n(C3CCN(CCCC(=O)c4ccc(F)cc4)CC3)c3ccccc32)cc1. The molecule has 9 heteroatoms. The molecule has 0 aliphatic carbocycles. The number of azide groups is 1. The van der Waals surface area contributed by atoms with Crippen molar-refractivity contribution in [1.29, 1.82) is 0 Å². The number of benzene rings is 3. The predicted molar refractivity (Wildman–Crippen MR) is 145 cm³/mol. The number of para-hydroxylation sites is 2. The van der Waals surface area contributed by atoms with Crippen LogP contribution >= 0.6 is 0 Å². The van der Waals surface area contributed by atoms with E-state index >= 15 is 0 Å². The Morgan fingerprint density at radius 1 is 0.974 bits per heavy atom. The molecule has 4 aromatic rings.